The monoisotopic (exact) mass is 403 g/mol. The van der Waals surface area contributed by atoms with Gasteiger partial charge in [-0.15, -0.1) is 0 Å². The Morgan fingerprint density at radius 1 is 1.07 bits per heavy atom. The van der Waals surface area contributed by atoms with Gasteiger partial charge >= 0.3 is 6.18 Å². The molecule has 3 N–H and O–H groups in total. The average Bonchev–Trinajstić information content (AvgIpc) is 3.10. The van der Waals surface area contributed by atoms with E-state index in [0.717, 1.165) is 12.1 Å². The zero-order chi connectivity index (χ0) is 21.0. The number of phenolic OH excluding ortho intramolecular Hbond substituents is 2. The number of benzene rings is 2. The minimum atomic E-state index is -4.38. The topological polar surface area (TPSA) is 86.9 Å². The first-order chi connectivity index (χ1) is 13.8. The maximum Gasteiger partial charge on any atom is 0.416 e. The lowest BCUT2D eigenvalue weighted by Crippen LogP contribution is -2.18. The zero-order valence-corrected chi connectivity index (χ0v) is 14.9. The molecule has 0 aliphatic heterocycles. The number of phenols is 2. The number of nitrogens with one attached hydrogen (secondary N) is 1. The SMILES string of the molecule is O=C(N/N=C/c1cccn1Cc1ccc(C(F)(F)F)cc1)c1cccc(O)c1O. The van der Waals surface area contributed by atoms with Gasteiger partial charge in [0.05, 0.1) is 23.0 Å². The number of hydrazone groups is 1. The third kappa shape index (κ3) is 4.75. The van der Waals surface area contributed by atoms with Gasteiger partial charge < -0.3 is 14.8 Å². The van der Waals surface area contributed by atoms with Crippen molar-refractivity contribution in [1.29, 1.82) is 0 Å². The third-order valence-electron chi connectivity index (χ3n) is 4.12. The van der Waals surface area contributed by atoms with Gasteiger partial charge in [-0.2, -0.15) is 18.3 Å². The molecular weight excluding hydrogens is 387 g/mol. The lowest BCUT2D eigenvalue weighted by Gasteiger charge is -2.09. The summed E-state index contributed by atoms with van der Waals surface area (Å²) < 4.78 is 39.7. The van der Waals surface area contributed by atoms with E-state index in [1.807, 2.05) is 0 Å². The second kappa shape index (κ2) is 8.09. The van der Waals surface area contributed by atoms with Crippen LogP contribution in [0.4, 0.5) is 13.2 Å². The Morgan fingerprint density at radius 2 is 1.79 bits per heavy atom. The van der Waals surface area contributed by atoms with E-state index in [9.17, 15) is 28.2 Å². The van der Waals surface area contributed by atoms with Gasteiger partial charge in [-0.3, -0.25) is 4.79 Å². The van der Waals surface area contributed by atoms with Crippen LogP contribution in [0.1, 0.15) is 27.2 Å². The number of carbonyl (C=O) groups excluding carboxylic acids is 1. The Bertz CT molecular complexity index is 1040. The number of para-hydroxylation sites is 1. The molecule has 6 nitrogen and oxygen atoms in total. The predicted molar refractivity (Wildman–Crippen MR) is 99.8 cm³/mol. The maximum atomic E-state index is 12.6. The fourth-order valence-electron chi connectivity index (χ4n) is 2.62. The van der Waals surface area contributed by atoms with Gasteiger partial charge in [0.15, 0.2) is 11.5 Å². The molecule has 0 aliphatic carbocycles. The summed E-state index contributed by atoms with van der Waals surface area (Å²) in [6.07, 6.45) is -1.30. The van der Waals surface area contributed by atoms with Gasteiger partial charge in [-0.1, -0.05) is 18.2 Å². The molecule has 1 aromatic heterocycles. The number of aromatic nitrogens is 1. The summed E-state index contributed by atoms with van der Waals surface area (Å²) in [4.78, 5) is 12.0. The second-order valence-electron chi connectivity index (χ2n) is 6.13. The number of alkyl halides is 3. The van der Waals surface area contributed by atoms with Gasteiger partial charge in [-0.25, -0.2) is 5.43 Å². The normalized spacial score (nSPS) is 11.7. The van der Waals surface area contributed by atoms with Crippen molar-refractivity contribution in [2.24, 2.45) is 5.10 Å². The molecule has 0 atom stereocenters. The smallest absolute Gasteiger partial charge is 0.416 e. The number of amides is 1. The molecule has 0 saturated heterocycles. The fraction of sp³-hybridized carbons (Fsp3) is 0.100. The number of carbonyl (C=O) groups is 1. The summed E-state index contributed by atoms with van der Waals surface area (Å²) in [5, 5.41) is 22.9. The molecule has 1 amide bonds. The van der Waals surface area contributed by atoms with Crippen molar-refractivity contribution >= 4 is 12.1 Å². The van der Waals surface area contributed by atoms with Crippen LogP contribution in [0.25, 0.3) is 0 Å². The molecule has 0 radical (unpaired) electrons. The summed E-state index contributed by atoms with van der Waals surface area (Å²) in [5.41, 5.74) is 2.66. The maximum absolute atomic E-state index is 12.6. The molecule has 1 heterocycles. The number of halogens is 3. The van der Waals surface area contributed by atoms with E-state index in [1.54, 1.807) is 22.9 Å². The van der Waals surface area contributed by atoms with E-state index in [2.05, 4.69) is 10.5 Å². The molecule has 0 unspecified atom stereocenters. The zero-order valence-electron chi connectivity index (χ0n) is 14.9. The molecule has 0 aliphatic rings. The number of rotatable bonds is 5. The summed E-state index contributed by atoms with van der Waals surface area (Å²) in [6, 6.07) is 12.3. The van der Waals surface area contributed by atoms with Gasteiger partial charge in [0.1, 0.15) is 0 Å². The summed E-state index contributed by atoms with van der Waals surface area (Å²) in [7, 11) is 0. The Balaban J connectivity index is 1.67. The summed E-state index contributed by atoms with van der Waals surface area (Å²) in [5.74, 6) is -1.69. The van der Waals surface area contributed by atoms with Crippen molar-refractivity contribution in [3.8, 4) is 11.5 Å². The minimum Gasteiger partial charge on any atom is -0.504 e. The van der Waals surface area contributed by atoms with Crippen LogP contribution in [0.15, 0.2) is 65.9 Å². The van der Waals surface area contributed by atoms with Crippen molar-refractivity contribution in [3.05, 3.63) is 83.2 Å². The molecule has 2 aromatic carbocycles. The number of hydrogen-bond acceptors (Lipinski definition) is 4. The first-order valence-corrected chi connectivity index (χ1v) is 8.41. The van der Waals surface area contributed by atoms with Gasteiger partial charge in [0, 0.05) is 12.7 Å². The molecule has 9 heteroatoms. The molecule has 0 fully saturated rings. The van der Waals surface area contributed by atoms with Crippen LogP contribution in [-0.2, 0) is 12.7 Å². The highest BCUT2D eigenvalue weighted by Crippen LogP contribution is 2.29. The van der Waals surface area contributed by atoms with Crippen LogP contribution in [0.2, 0.25) is 0 Å². The summed E-state index contributed by atoms with van der Waals surface area (Å²) >= 11 is 0. The quantitative estimate of drug-likeness (QED) is 0.345. The van der Waals surface area contributed by atoms with Crippen LogP contribution >= 0.6 is 0 Å². The molecular formula is C20H16F3N3O3. The molecule has 0 saturated carbocycles. The van der Waals surface area contributed by atoms with Crippen molar-refractivity contribution in [2.45, 2.75) is 12.7 Å². The number of nitrogens with zero attached hydrogens (tertiary/aromatic N) is 2. The largest absolute Gasteiger partial charge is 0.504 e. The highest BCUT2D eigenvalue weighted by atomic mass is 19.4. The molecule has 150 valence electrons. The van der Waals surface area contributed by atoms with Crippen LogP contribution < -0.4 is 5.43 Å². The van der Waals surface area contributed by atoms with Crippen LogP contribution in [-0.4, -0.2) is 26.9 Å². The third-order valence-corrected chi connectivity index (χ3v) is 4.12. The highest BCUT2D eigenvalue weighted by Gasteiger charge is 2.29. The van der Waals surface area contributed by atoms with Crippen LogP contribution in [0.5, 0.6) is 11.5 Å². The van der Waals surface area contributed by atoms with Crippen LogP contribution in [0.3, 0.4) is 0 Å². The summed E-state index contributed by atoms with van der Waals surface area (Å²) in [6.45, 7) is 0.313. The second-order valence-corrected chi connectivity index (χ2v) is 6.13. The molecule has 0 spiro atoms. The lowest BCUT2D eigenvalue weighted by molar-refractivity contribution is -0.137. The Hall–Kier alpha value is -3.75. The Morgan fingerprint density at radius 3 is 2.48 bits per heavy atom. The standard InChI is InChI=1S/C20H16F3N3O3/c21-20(22,23)14-8-6-13(7-9-14)12-26-10-2-3-15(26)11-24-25-19(29)16-4-1-5-17(27)18(16)28/h1-11,27-28H,12H2,(H,25,29)/b24-11+. The predicted octanol–water partition coefficient (Wildman–Crippen LogP) is 3.73. The average molecular weight is 403 g/mol. The molecule has 3 rings (SSSR count). The van der Waals surface area contributed by atoms with E-state index in [4.69, 9.17) is 0 Å². The fourth-order valence-corrected chi connectivity index (χ4v) is 2.62. The Labute approximate surface area is 163 Å². The Kier molecular flexibility index (Phi) is 5.58. The van der Waals surface area contributed by atoms with Crippen molar-refractivity contribution in [2.75, 3.05) is 0 Å². The van der Waals surface area contributed by atoms with Crippen molar-refractivity contribution in [1.82, 2.24) is 9.99 Å². The number of hydrogen-bond donors (Lipinski definition) is 3. The van der Waals surface area contributed by atoms with E-state index in [1.165, 1.54) is 36.5 Å². The van der Waals surface area contributed by atoms with E-state index in [0.29, 0.717) is 17.8 Å². The van der Waals surface area contributed by atoms with Crippen molar-refractivity contribution < 1.29 is 28.2 Å². The molecule has 3 aromatic rings. The molecule has 0 bridgehead atoms. The molecule has 29 heavy (non-hydrogen) atoms. The van der Waals surface area contributed by atoms with Gasteiger partial charge in [0.25, 0.3) is 5.91 Å². The van der Waals surface area contributed by atoms with E-state index >= 15 is 0 Å². The van der Waals surface area contributed by atoms with Gasteiger partial charge in [0.2, 0.25) is 0 Å². The van der Waals surface area contributed by atoms with Crippen LogP contribution in [0, 0.1) is 0 Å². The number of aromatic hydroxyl groups is 2. The first-order valence-electron chi connectivity index (χ1n) is 8.41. The lowest BCUT2D eigenvalue weighted by atomic mass is 10.1. The van der Waals surface area contributed by atoms with E-state index in [-0.39, 0.29) is 5.56 Å². The van der Waals surface area contributed by atoms with Gasteiger partial charge in [-0.05, 0) is 42.0 Å². The first kappa shape index (κ1) is 20.0. The van der Waals surface area contributed by atoms with Crippen molar-refractivity contribution in [3.63, 3.8) is 0 Å². The highest BCUT2D eigenvalue weighted by molar-refractivity contribution is 5.98. The van der Waals surface area contributed by atoms with E-state index < -0.39 is 29.1 Å². The minimum absolute atomic E-state index is 0.137.